The zero-order valence-electron chi connectivity index (χ0n) is 16.6. The molecule has 0 saturated carbocycles. The molecule has 2 aromatic rings. The SMILES string of the molecule is CCCOc1ccc(SCC(COc2ccc(C(F)(F)F)cc2)=C(C)C)cc1I. The number of benzene rings is 2. The molecule has 0 unspecified atom stereocenters. The molecule has 158 valence electrons. The first-order valence-corrected chi connectivity index (χ1v) is 11.3. The van der Waals surface area contributed by atoms with Crippen LogP contribution in [0.5, 0.6) is 11.5 Å². The van der Waals surface area contributed by atoms with Gasteiger partial charge in [0, 0.05) is 10.6 Å². The third-order valence-corrected chi connectivity index (χ3v) is 6.00. The summed E-state index contributed by atoms with van der Waals surface area (Å²) in [7, 11) is 0. The molecule has 0 aliphatic heterocycles. The number of ether oxygens (including phenoxy) is 2. The fourth-order valence-electron chi connectivity index (χ4n) is 2.31. The lowest BCUT2D eigenvalue weighted by Gasteiger charge is -2.14. The van der Waals surface area contributed by atoms with Gasteiger partial charge in [-0.3, -0.25) is 0 Å². The van der Waals surface area contributed by atoms with E-state index in [1.165, 1.54) is 12.1 Å². The Bertz CT molecular complexity index is 829. The van der Waals surface area contributed by atoms with Crippen molar-refractivity contribution in [2.24, 2.45) is 0 Å². The Kier molecular flexibility index (Phi) is 9.20. The summed E-state index contributed by atoms with van der Waals surface area (Å²) >= 11 is 3.97. The molecule has 0 radical (unpaired) electrons. The van der Waals surface area contributed by atoms with Gasteiger partial charge in [0.15, 0.2) is 0 Å². The first-order chi connectivity index (χ1) is 13.7. The molecule has 0 saturated heterocycles. The molecular formula is C22H24F3IO2S. The lowest BCUT2D eigenvalue weighted by atomic mass is 10.2. The molecule has 2 aromatic carbocycles. The number of allylic oxidation sites excluding steroid dienone is 1. The topological polar surface area (TPSA) is 18.5 Å². The second-order valence-electron chi connectivity index (χ2n) is 6.64. The van der Waals surface area contributed by atoms with Crippen LogP contribution >= 0.6 is 34.4 Å². The molecule has 0 amide bonds. The Labute approximate surface area is 188 Å². The lowest BCUT2D eigenvalue weighted by Crippen LogP contribution is -2.07. The van der Waals surface area contributed by atoms with Crippen LogP contribution < -0.4 is 9.47 Å². The fraction of sp³-hybridized carbons (Fsp3) is 0.364. The second kappa shape index (κ2) is 11.2. The minimum atomic E-state index is -4.34. The van der Waals surface area contributed by atoms with E-state index >= 15 is 0 Å². The van der Waals surface area contributed by atoms with Gasteiger partial charge in [0.1, 0.15) is 18.1 Å². The Hall–Kier alpha value is -1.35. The molecular weight excluding hydrogens is 512 g/mol. The third-order valence-electron chi connectivity index (χ3n) is 4.08. The number of hydrogen-bond donors (Lipinski definition) is 0. The fourth-order valence-corrected chi connectivity index (χ4v) is 4.27. The molecule has 2 nitrogen and oxygen atoms in total. The molecule has 0 aliphatic carbocycles. The van der Waals surface area contributed by atoms with Gasteiger partial charge in [-0.2, -0.15) is 13.2 Å². The molecule has 7 heteroatoms. The summed E-state index contributed by atoms with van der Waals surface area (Å²) in [6.45, 7) is 7.14. The van der Waals surface area contributed by atoms with Crippen LogP contribution in [0.25, 0.3) is 0 Å². The standard InChI is InChI=1S/C22H24F3IO2S/c1-4-11-27-21-10-9-19(12-20(21)26)29-14-16(15(2)3)13-28-18-7-5-17(6-8-18)22(23,24)25/h5-10,12H,4,11,13-14H2,1-3H3. The second-order valence-corrected chi connectivity index (χ2v) is 8.85. The minimum Gasteiger partial charge on any atom is -0.492 e. The average Bonchev–Trinajstić information content (AvgIpc) is 2.66. The monoisotopic (exact) mass is 536 g/mol. The van der Waals surface area contributed by atoms with Gasteiger partial charge in [-0.05, 0) is 90.9 Å². The van der Waals surface area contributed by atoms with Crippen LogP contribution in [0, 0.1) is 3.57 Å². The number of thioether (sulfide) groups is 1. The van der Waals surface area contributed by atoms with Crippen LogP contribution in [-0.2, 0) is 6.18 Å². The maximum atomic E-state index is 12.7. The maximum Gasteiger partial charge on any atom is 0.416 e. The largest absolute Gasteiger partial charge is 0.492 e. The first kappa shape index (κ1) is 23.9. The van der Waals surface area contributed by atoms with E-state index in [1.54, 1.807) is 11.8 Å². The summed E-state index contributed by atoms with van der Waals surface area (Å²) in [6, 6.07) is 10.9. The maximum absolute atomic E-state index is 12.7. The van der Waals surface area contributed by atoms with Crippen molar-refractivity contribution in [1.29, 1.82) is 0 Å². The zero-order valence-corrected chi connectivity index (χ0v) is 19.6. The summed E-state index contributed by atoms with van der Waals surface area (Å²) in [4.78, 5) is 1.13. The van der Waals surface area contributed by atoms with E-state index in [0.717, 1.165) is 49.7 Å². The van der Waals surface area contributed by atoms with E-state index in [-0.39, 0.29) is 0 Å². The molecule has 0 heterocycles. The van der Waals surface area contributed by atoms with Crippen molar-refractivity contribution in [3.05, 3.63) is 62.7 Å². The van der Waals surface area contributed by atoms with Gasteiger partial charge in [0.25, 0.3) is 0 Å². The van der Waals surface area contributed by atoms with E-state index < -0.39 is 11.7 Å². The number of hydrogen-bond acceptors (Lipinski definition) is 3. The van der Waals surface area contributed by atoms with Crippen molar-refractivity contribution in [2.75, 3.05) is 19.0 Å². The lowest BCUT2D eigenvalue weighted by molar-refractivity contribution is -0.137. The highest BCUT2D eigenvalue weighted by atomic mass is 127. The van der Waals surface area contributed by atoms with Crippen molar-refractivity contribution < 1.29 is 22.6 Å². The predicted molar refractivity (Wildman–Crippen MR) is 121 cm³/mol. The summed E-state index contributed by atoms with van der Waals surface area (Å²) in [5.41, 5.74) is 1.57. The van der Waals surface area contributed by atoms with Crippen molar-refractivity contribution in [2.45, 2.75) is 38.3 Å². The Balaban J connectivity index is 1.94. The van der Waals surface area contributed by atoms with Gasteiger partial charge in [-0.1, -0.05) is 12.5 Å². The van der Waals surface area contributed by atoms with Gasteiger partial charge in [0.05, 0.1) is 15.7 Å². The highest BCUT2D eigenvalue weighted by Crippen LogP contribution is 2.31. The predicted octanol–water partition coefficient (Wildman–Crippen LogP) is 7.61. The Morgan fingerprint density at radius 1 is 1.03 bits per heavy atom. The van der Waals surface area contributed by atoms with Gasteiger partial charge < -0.3 is 9.47 Å². The zero-order chi connectivity index (χ0) is 21.4. The summed E-state index contributed by atoms with van der Waals surface area (Å²) < 4.78 is 50.5. The van der Waals surface area contributed by atoms with Crippen molar-refractivity contribution >= 4 is 34.4 Å². The van der Waals surface area contributed by atoms with Gasteiger partial charge >= 0.3 is 6.18 Å². The van der Waals surface area contributed by atoms with Crippen LogP contribution in [0.2, 0.25) is 0 Å². The van der Waals surface area contributed by atoms with Crippen LogP contribution in [0.4, 0.5) is 13.2 Å². The molecule has 0 atom stereocenters. The number of rotatable bonds is 9. The molecule has 0 N–H and O–H groups in total. The van der Waals surface area contributed by atoms with Gasteiger partial charge in [-0.15, -0.1) is 11.8 Å². The highest BCUT2D eigenvalue weighted by molar-refractivity contribution is 14.1. The quantitative estimate of drug-likeness (QED) is 0.187. The van der Waals surface area contributed by atoms with E-state index in [1.807, 2.05) is 26.0 Å². The Morgan fingerprint density at radius 3 is 2.28 bits per heavy atom. The third kappa shape index (κ3) is 7.77. The molecule has 0 spiro atoms. The molecule has 0 aromatic heterocycles. The van der Waals surface area contributed by atoms with Gasteiger partial charge in [0.2, 0.25) is 0 Å². The summed E-state index contributed by atoms with van der Waals surface area (Å²) in [5, 5.41) is 0. The Morgan fingerprint density at radius 2 is 1.72 bits per heavy atom. The van der Waals surface area contributed by atoms with Crippen LogP contribution in [0.3, 0.4) is 0 Å². The molecule has 29 heavy (non-hydrogen) atoms. The first-order valence-electron chi connectivity index (χ1n) is 9.21. The normalized spacial score (nSPS) is 11.3. The van der Waals surface area contributed by atoms with E-state index in [4.69, 9.17) is 9.47 Å². The van der Waals surface area contributed by atoms with Crippen LogP contribution in [-0.4, -0.2) is 19.0 Å². The molecule has 0 aliphatic rings. The molecule has 2 rings (SSSR count). The van der Waals surface area contributed by atoms with Crippen molar-refractivity contribution in [3.63, 3.8) is 0 Å². The van der Waals surface area contributed by atoms with Crippen LogP contribution in [0.15, 0.2) is 58.5 Å². The average molecular weight is 536 g/mol. The molecule has 0 bridgehead atoms. The van der Waals surface area contributed by atoms with Crippen LogP contribution in [0.1, 0.15) is 32.8 Å². The van der Waals surface area contributed by atoms with Crippen molar-refractivity contribution in [1.82, 2.24) is 0 Å². The number of halogens is 4. The van der Waals surface area contributed by atoms with E-state index in [9.17, 15) is 13.2 Å². The van der Waals surface area contributed by atoms with E-state index in [2.05, 4.69) is 35.6 Å². The molecule has 0 fully saturated rings. The summed E-state index contributed by atoms with van der Waals surface area (Å²) in [6.07, 6.45) is -3.37. The van der Waals surface area contributed by atoms with Gasteiger partial charge in [-0.25, -0.2) is 0 Å². The highest BCUT2D eigenvalue weighted by Gasteiger charge is 2.30. The van der Waals surface area contributed by atoms with E-state index in [0.29, 0.717) is 19.0 Å². The number of alkyl halides is 3. The smallest absolute Gasteiger partial charge is 0.416 e. The minimum absolute atomic E-state index is 0.343. The summed E-state index contributed by atoms with van der Waals surface area (Å²) in [5.74, 6) is 2.06. The van der Waals surface area contributed by atoms with Crippen molar-refractivity contribution in [3.8, 4) is 11.5 Å².